The van der Waals surface area contributed by atoms with Gasteiger partial charge in [0.2, 0.25) is 0 Å². The van der Waals surface area contributed by atoms with E-state index in [4.69, 9.17) is 15.5 Å². The lowest BCUT2D eigenvalue weighted by Crippen LogP contribution is -2.51. The number of carbonyl (C=O) groups is 2. The molecule has 2 aliphatic heterocycles. The number of aromatic nitrogens is 3. The molecule has 4 unspecified atom stereocenters. The van der Waals surface area contributed by atoms with Crippen LogP contribution in [0.4, 0.5) is 0 Å². The molecule has 3 aromatic carbocycles. The molecule has 11 heteroatoms. The van der Waals surface area contributed by atoms with E-state index in [9.17, 15) is 20.0 Å². The van der Waals surface area contributed by atoms with E-state index in [1.165, 1.54) is 12.8 Å². The number of nitrogens with two attached hydrogens (primary N) is 1. The van der Waals surface area contributed by atoms with Gasteiger partial charge in [0.1, 0.15) is 11.3 Å². The maximum Gasteiger partial charge on any atom is 0.254 e. The molecule has 0 radical (unpaired) electrons. The summed E-state index contributed by atoms with van der Waals surface area (Å²) >= 11 is 0. The van der Waals surface area contributed by atoms with E-state index in [1.807, 2.05) is 28.0 Å². The van der Waals surface area contributed by atoms with Gasteiger partial charge in [0.05, 0.1) is 36.1 Å². The Labute approximate surface area is 302 Å². The topological polar surface area (TPSA) is 143 Å². The van der Waals surface area contributed by atoms with E-state index >= 15 is 0 Å². The van der Waals surface area contributed by atoms with Crippen molar-refractivity contribution in [2.24, 2.45) is 23.5 Å². The summed E-state index contributed by atoms with van der Waals surface area (Å²) in [6.45, 7) is 5.08. The third-order valence-corrected chi connectivity index (χ3v) is 11.9. The lowest BCUT2D eigenvalue weighted by molar-refractivity contribution is 0.0471. The fraction of sp³-hybridized carbons (Fsp3) is 0.415. The van der Waals surface area contributed by atoms with Crippen LogP contribution in [0.25, 0.3) is 33.5 Å². The number of carbonyl (C=O) groups excluding carboxylic acids is 2. The number of nitriles is 1. The monoisotopic (exact) mass is 697 g/mol. The molecule has 2 saturated heterocycles. The molecule has 266 valence electrons. The number of hydrogen-bond donors (Lipinski definition) is 2. The zero-order valence-corrected chi connectivity index (χ0v) is 29.5. The average molecular weight is 698 g/mol. The van der Waals surface area contributed by atoms with Crippen LogP contribution in [0.15, 0.2) is 60.7 Å². The van der Waals surface area contributed by atoms with Crippen molar-refractivity contribution in [1.82, 2.24) is 23.9 Å². The lowest BCUT2D eigenvalue weighted by Gasteiger charge is -2.40. The van der Waals surface area contributed by atoms with Crippen LogP contribution >= 0.6 is 0 Å². The van der Waals surface area contributed by atoms with Crippen molar-refractivity contribution in [1.29, 1.82) is 5.26 Å². The Balaban J connectivity index is 1.12. The molecule has 2 aromatic heterocycles. The van der Waals surface area contributed by atoms with Crippen molar-refractivity contribution in [3.05, 3.63) is 82.9 Å². The summed E-state index contributed by atoms with van der Waals surface area (Å²) in [5.41, 5.74) is 12.5. The number of aliphatic hydroxyl groups is 1. The molecule has 2 saturated carbocycles. The lowest BCUT2D eigenvalue weighted by atomic mass is 9.98. The minimum absolute atomic E-state index is 0.0222. The Kier molecular flexibility index (Phi) is 7.86. The van der Waals surface area contributed by atoms with Gasteiger partial charge in [-0.05, 0) is 98.5 Å². The number of piperidine rings is 1. The molecule has 9 rings (SSSR count). The Morgan fingerprint density at radius 3 is 2.37 bits per heavy atom. The van der Waals surface area contributed by atoms with Crippen molar-refractivity contribution in [3.63, 3.8) is 0 Å². The minimum Gasteiger partial charge on any atom is -0.494 e. The highest BCUT2D eigenvalue weighted by Gasteiger charge is 2.47. The van der Waals surface area contributed by atoms with Gasteiger partial charge in [-0.2, -0.15) is 5.26 Å². The first-order chi connectivity index (χ1) is 25.2. The maximum absolute atomic E-state index is 14.0. The van der Waals surface area contributed by atoms with Gasteiger partial charge in [0.15, 0.2) is 5.82 Å². The Morgan fingerprint density at radius 1 is 0.942 bits per heavy atom. The number of ether oxygens (including phenoxy) is 1. The molecule has 4 atom stereocenters. The van der Waals surface area contributed by atoms with E-state index in [1.54, 1.807) is 38.3 Å². The fourth-order valence-corrected chi connectivity index (χ4v) is 8.78. The van der Waals surface area contributed by atoms with Crippen molar-refractivity contribution >= 4 is 33.8 Å². The summed E-state index contributed by atoms with van der Waals surface area (Å²) in [5, 5.41) is 20.7. The number of amides is 2. The first-order valence-electron chi connectivity index (χ1n) is 18.5. The largest absolute Gasteiger partial charge is 0.494 e. The molecule has 4 heterocycles. The fourth-order valence-electron chi connectivity index (χ4n) is 8.78. The summed E-state index contributed by atoms with van der Waals surface area (Å²) < 4.78 is 10.6. The molecule has 11 nitrogen and oxygen atoms in total. The Bertz CT molecular complexity index is 2270. The van der Waals surface area contributed by atoms with E-state index < -0.39 is 6.10 Å². The third-order valence-electron chi connectivity index (χ3n) is 11.9. The zero-order chi connectivity index (χ0) is 35.8. The molecular weight excluding hydrogens is 654 g/mol. The van der Waals surface area contributed by atoms with Crippen molar-refractivity contribution in [2.45, 2.75) is 63.9 Å². The van der Waals surface area contributed by atoms with E-state index in [0.29, 0.717) is 66.0 Å². The molecule has 2 bridgehead atoms. The van der Waals surface area contributed by atoms with E-state index in [0.717, 1.165) is 52.9 Å². The number of benzene rings is 3. The summed E-state index contributed by atoms with van der Waals surface area (Å²) in [6, 6.07) is 21.0. The minimum atomic E-state index is -0.587. The van der Waals surface area contributed by atoms with Gasteiger partial charge in [-0.25, -0.2) is 4.98 Å². The summed E-state index contributed by atoms with van der Waals surface area (Å²) in [5.74, 6) is 2.37. The van der Waals surface area contributed by atoms with Crippen LogP contribution in [0.1, 0.15) is 70.6 Å². The van der Waals surface area contributed by atoms with Crippen LogP contribution in [-0.2, 0) is 13.1 Å². The van der Waals surface area contributed by atoms with Gasteiger partial charge in [-0.3, -0.25) is 9.59 Å². The average Bonchev–Trinajstić information content (AvgIpc) is 3.50. The zero-order valence-electron chi connectivity index (χ0n) is 29.5. The number of hydrogen-bond acceptors (Lipinski definition) is 7. The number of nitrogens with zero attached hydrogens (tertiary/aromatic N) is 6. The molecule has 4 fully saturated rings. The van der Waals surface area contributed by atoms with Gasteiger partial charge in [-0.15, -0.1) is 0 Å². The van der Waals surface area contributed by atoms with Gasteiger partial charge in [0, 0.05) is 72.8 Å². The second-order valence-corrected chi connectivity index (χ2v) is 15.4. The van der Waals surface area contributed by atoms with Gasteiger partial charge < -0.3 is 34.5 Å². The van der Waals surface area contributed by atoms with Crippen LogP contribution < -0.4 is 10.5 Å². The van der Waals surface area contributed by atoms with Gasteiger partial charge >= 0.3 is 0 Å². The summed E-state index contributed by atoms with van der Waals surface area (Å²) in [4.78, 5) is 36.4. The van der Waals surface area contributed by atoms with Crippen LogP contribution in [0.5, 0.6) is 5.75 Å². The highest BCUT2D eigenvalue weighted by molar-refractivity contribution is 6.01. The van der Waals surface area contributed by atoms with E-state index in [2.05, 4.69) is 33.4 Å². The molecular formula is C41H43N7O4. The standard InChI is InChI=1S/C41H43N7O4/c1-23(49)28-9-10-29-15-35(46(34(29)14-28)20-25-3-4-25)39-44-32-13-31(41(51)47-22-30-11-12-33(47)37(30)43)16-36(52-2)38(32)48(39)21-26-18-45(19-26)40(50)27-7-5-24(17-42)6-8-27/h5-10,13-16,23,25-26,30,33,37,49H,3-4,11-12,18-22,43H2,1-2H3. The molecule has 0 spiro atoms. The highest BCUT2D eigenvalue weighted by atomic mass is 16.5. The highest BCUT2D eigenvalue weighted by Crippen LogP contribution is 2.41. The Morgan fingerprint density at radius 2 is 1.71 bits per heavy atom. The maximum atomic E-state index is 14.0. The Hall–Kier alpha value is -5.18. The molecule has 5 aromatic rings. The summed E-state index contributed by atoms with van der Waals surface area (Å²) in [7, 11) is 1.64. The number of methoxy groups -OCH3 is 1. The summed E-state index contributed by atoms with van der Waals surface area (Å²) in [6.07, 6.45) is 3.77. The molecule has 4 aliphatic rings. The SMILES string of the molecule is COc1cc(C(=O)N2CC3CCC2C3N)cc2nc(-c3cc4ccc(C(C)O)cc4n3CC3CC3)n(CC3CN(C(=O)c4ccc(C#N)cc4)C3)c12. The number of rotatable bonds is 9. The van der Waals surface area contributed by atoms with Crippen molar-refractivity contribution < 1.29 is 19.4 Å². The van der Waals surface area contributed by atoms with Crippen LogP contribution in [-0.4, -0.2) is 79.7 Å². The van der Waals surface area contributed by atoms with E-state index in [-0.39, 0.29) is 29.8 Å². The van der Waals surface area contributed by atoms with Crippen LogP contribution in [0.3, 0.4) is 0 Å². The number of imidazole rings is 1. The van der Waals surface area contributed by atoms with Gasteiger partial charge in [-0.1, -0.05) is 12.1 Å². The van der Waals surface area contributed by atoms with Crippen LogP contribution in [0, 0.1) is 29.1 Å². The predicted molar refractivity (Wildman–Crippen MR) is 197 cm³/mol. The predicted octanol–water partition coefficient (Wildman–Crippen LogP) is 5.34. The van der Waals surface area contributed by atoms with Crippen molar-refractivity contribution in [3.8, 4) is 23.3 Å². The third kappa shape index (κ3) is 5.44. The molecule has 3 N–H and O–H groups in total. The first-order valence-corrected chi connectivity index (χ1v) is 18.5. The molecule has 52 heavy (non-hydrogen) atoms. The number of likely N-dealkylation sites (tertiary alicyclic amines) is 2. The normalized spacial score (nSPS) is 21.9. The second kappa shape index (κ2) is 12.5. The number of aliphatic hydroxyl groups excluding tert-OH is 1. The smallest absolute Gasteiger partial charge is 0.254 e. The second-order valence-electron chi connectivity index (χ2n) is 15.4. The molecule has 2 amide bonds. The van der Waals surface area contributed by atoms with Crippen molar-refractivity contribution in [2.75, 3.05) is 26.7 Å². The quantitative estimate of drug-likeness (QED) is 0.212. The first kappa shape index (κ1) is 32.7. The molecule has 2 aliphatic carbocycles. The van der Waals surface area contributed by atoms with Crippen LogP contribution in [0.2, 0.25) is 0 Å². The number of fused-ring (bicyclic) bond motifs is 4. The van der Waals surface area contributed by atoms with Gasteiger partial charge in [0.25, 0.3) is 11.8 Å².